The highest BCUT2D eigenvalue weighted by atomic mass is 32.2. The number of amides is 1. The molecule has 0 spiro atoms. The number of furan rings is 1. The van der Waals surface area contributed by atoms with Crippen LogP contribution in [0.4, 0.5) is 0 Å². The van der Waals surface area contributed by atoms with Crippen LogP contribution in [0, 0.1) is 0 Å². The van der Waals surface area contributed by atoms with E-state index in [1.165, 1.54) is 19.2 Å². The molecule has 1 fully saturated rings. The van der Waals surface area contributed by atoms with Gasteiger partial charge in [0.05, 0.1) is 5.60 Å². The van der Waals surface area contributed by atoms with E-state index in [-0.39, 0.29) is 16.8 Å². The van der Waals surface area contributed by atoms with Gasteiger partial charge >= 0.3 is 0 Å². The first-order valence-electron chi connectivity index (χ1n) is 7.40. The minimum absolute atomic E-state index is 0.00904. The molecule has 2 rings (SSSR count). The average Bonchev–Trinajstić information content (AvgIpc) is 2.96. The summed E-state index contributed by atoms with van der Waals surface area (Å²) in [4.78, 5) is 16.1. The summed E-state index contributed by atoms with van der Waals surface area (Å²) in [6, 6.07) is 2.64. The minimum atomic E-state index is -3.69. The van der Waals surface area contributed by atoms with Crippen LogP contribution in [0.2, 0.25) is 0 Å². The van der Waals surface area contributed by atoms with Crippen LogP contribution in [-0.4, -0.2) is 74.6 Å². The standard InChI is InChI=1S/C14H23N3O5S/c1-14(2,19)10-16-6-8-17(9-7-16)13(18)11-4-5-12(22-11)23(20,21)15-3/h4-5,15,19H,6-10H2,1-3H3. The van der Waals surface area contributed by atoms with E-state index in [0.29, 0.717) is 32.7 Å². The first-order chi connectivity index (χ1) is 10.6. The van der Waals surface area contributed by atoms with Gasteiger partial charge in [0.1, 0.15) is 0 Å². The third-order valence-electron chi connectivity index (χ3n) is 3.60. The Hall–Kier alpha value is -1.42. The third kappa shape index (κ3) is 4.54. The molecular formula is C14H23N3O5S. The molecule has 0 bridgehead atoms. The summed E-state index contributed by atoms with van der Waals surface area (Å²) < 4.78 is 30.6. The molecule has 1 amide bonds. The minimum Gasteiger partial charge on any atom is -0.438 e. The molecule has 0 radical (unpaired) electrons. The molecule has 1 aliphatic rings. The number of nitrogens with one attached hydrogen (secondary N) is 1. The van der Waals surface area contributed by atoms with Crippen molar-refractivity contribution in [2.75, 3.05) is 39.8 Å². The number of hydrogen-bond acceptors (Lipinski definition) is 6. The number of aliphatic hydroxyl groups is 1. The van der Waals surface area contributed by atoms with Crippen molar-refractivity contribution in [1.82, 2.24) is 14.5 Å². The number of rotatable bonds is 5. The lowest BCUT2D eigenvalue weighted by Crippen LogP contribution is -2.51. The molecule has 0 unspecified atom stereocenters. The zero-order valence-corrected chi connectivity index (χ0v) is 14.4. The highest BCUT2D eigenvalue weighted by Gasteiger charge is 2.28. The van der Waals surface area contributed by atoms with Crippen LogP contribution in [0.25, 0.3) is 0 Å². The summed E-state index contributed by atoms with van der Waals surface area (Å²) in [6.45, 7) is 6.35. The predicted octanol–water partition coefficient (Wildman–Crippen LogP) is -0.284. The van der Waals surface area contributed by atoms with Crippen LogP contribution < -0.4 is 4.72 Å². The Morgan fingerprint density at radius 2 is 1.91 bits per heavy atom. The normalized spacial score (nSPS) is 17.5. The highest BCUT2D eigenvalue weighted by molar-refractivity contribution is 7.89. The molecule has 1 aromatic heterocycles. The van der Waals surface area contributed by atoms with Crippen molar-refractivity contribution in [2.45, 2.75) is 24.5 Å². The summed E-state index contributed by atoms with van der Waals surface area (Å²) in [6.07, 6.45) is 0. The van der Waals surface area contributed by atoms with Crippen molar-refractivity contribution < 1.29 is 22.7 Å². The van der Waals surface area contributed by atoms with Crippen molar-refractivity contribution in [2.24, 2.45) is 0 Å². The van der Waals surface area contributed by atoms with Gasteiger partial charge in [-0.2, -0.15) is 0 Å². The zero-order chi connectivity index (χ0) is 17.3. The van der Waals surface area contributed by atoms with Crippen molar-refractivity contribution in [3.63, 3.8) is 0 Å². The number of piperazine rings is 1. The Balaban J connectivity index is 1.98. The fourth-order valence-electron chi connectivity index (χ4n) is 2.49. The second-order valence-corrected chi connectivity index (χ2v) is 8.02. The van der Waals surface area contributed by atoms with Crippen LogP contribution in [0.5, 0.6) is 0 Å². The molecule has 1 aliphatic heterocycles. The van der Waals surface area contributed by atoms with E-state index in [4.69, 9.17) is 4.42 Å². The van der Waals surface area contributed by atoms with E-state index in [1.807, 2.05) is 0 Å². The van der Waals surface area contributed by atoms with Crippen molar-refractivity contribution in [1.29, 1.82) is 0 Å². The molecule has 0 aliphatic carbocycles. The van der Waals surface area contributed by atoms with Crippen LogP contribution >= 0.6 is 0 Å². The first kappa shape index (κ1) is 17.9. The maximum atomic E-state index is 12.4. The Bertz CT molecular complexity index is 654. The molecular weight excluding hydrogens is 322 g/mol. The Labute approximate surface area is 136 Å². The van der Waals surface area contributed by atoms with E-state index < -0.39 is 15.6 Å². The maximum absolute atomic E-state index is 12.4. The molecule has 9 heteroatoms. The molecule has 8 nitrogen and oxygen atoms in total. The fourth-order valence-corrected chi connectivity index (χ4v) is 3.14. The lowest BCUT2D eigenvalue weighted by Gasteiger charge is -2.36. The lowest BCUT2D eigenvalue weighted by molar-refractivity contribution is 0.0171. The predicted molar refractivity (Wildman–Crippen MR) is 83.6 cm³/mol. The van der Waals surface area contributed by atoms with Crippen molar-refractivity contribution >= 4 is 15.9 Å². The van der Waals surface area contributed by atoms with E-state index in [1.54, 1.807) is 18.7 Å². The third-order valence-corrected chi connectivity index (χ3v) is 4.88. The smallest absolute Gasteiger partial charge is 0.289 e. The number of nitrogens with zero attached hydrogens (tertiary/aromatic N) is 2. The summed E-state index contributed by atoms with van der Waals surface area (Å²) in [5.74, 6) is -0.319. The number of sulfonamides is 1. The SMILES string of the molecule is CNS(=O)(=O)c1ccc(C(=O)N2CCN(CC(C)(C)O)CC2)o1. The lowest BCUT2D eigenvalue weighted by atomic mass is 10.1. The molecule has 0 atom stereocenters. The van der Waals surface area contributed by atoms with Crippen molar-refractivity contribution in [3.8, 4) is 0 Å². The number of carbonyl (C=O) groups excluding carboxylic acids is 1. The Morgan fingerprint density at radius 3 is 2.43 bits per heavy atom. The van der Waals surface area contributed by atoms with E-state index in [0.717, 1.165) is 0 Å². The van der Waals surface area contributed by atoms with E-state index >= 15 is 0 Å². The van der Waals surface area contributed by atoms with Gasteiger partial charge in [-0.1, -0.05) is 0 Å². The van der Waals surface area contributed by atoms with Gasteiger partial charge in [0.2, 0.25) is 5.09 Å². The molecule has 1 saturated heterocycles. The Morgan fingerprint density at radius 1 is 1.30 bits per heavy atom. The molecule has 23 heavy (non-hydrogen) atoms. The van der Waals surface area contributed by atoms with Crippen LogP contribution in [0.1, 0.15) is 24.4 Å². The second kappa shape index (κ2) is 6.60. The first-order valence-corrected chi connectivity index (χ1v) is 8.88. The molecule has 130 valence electrons. The van der Waals surface area contributed by atoms with Gasteiger partial charge < -0.3 is 14.4 Å². The molecule has 0 saturated carbocycles. The van der Waals surface area contributed by atoms with Gasteiger partial charge in [0, 0.05) is 32.7 Å². The number of β-amino-alcohol motifs (C(OH)–C–C–N with tert-alkyl or cyclic N) is 1. The average molecular weight is 345 g/mol. The van der Waals surface area contributed by atoms with Crippen LogP contribution in [0.15, 0.2) is 21.6 Å². The topological polar surface area (TPSA) is 103 Å². The second-order valence-electron chi connectivity index (χ2n) is 6.21. The van der Waals surface area contributed by atoms with Crippen molar-refractivity contribution in [3.05, 3.63) is 17.9 Å². The van der Waals surface area contributed by atoms with Gasteiger partial charge in [0.15, 0.2) is 5.76 Å². The fraction of sp³-hybridized carbons (Fsp3) is 0.643. The quantitative estimate of drug-likeness (QED) is 0.761. The van der Waals surface area contributed by atoms with E-state index in [2.05, 4.69) is 9.62 Å². The van der Waals surface area contributed by atoms with Gasteiger partial charge in [-0.25, -0.2) is 13.1 Å². The summed E-state index contributed by atoms with van der Waals surface area (Å²) in [7, 11) is -2.42. The number of carbonyl (C=O) groups is 1. The van der Waals surface area contributed by atoms with Gasteiger partial charge in [-0.05, 0) is 33.0 Å². The monoisotopic (exact) mass is 345 g/mol. The summed E-state index contributed by atoms with van der Waals surface area (Å²) >= 11 is 0. The highest BCUT2D eigenvalue weighted by Crippen LogP contribution is 2.17. The van der Waals surface area contributed by atoms with Gasteiger partial charge in [-0.3, -0.25) is 9.69 Å². The Kier molecular flexibility index (Phi) is 5.14. The largest absolute Gasteiger partial charge is 0.438 e. The molecule has 0 aromatic carbocycles. The summed E-state index contributed by atoms with van der Waals surface area (Å²) in [5, 5.41) is 9.55. The van der Waals surface area contributed by atoms with Gasteiger partial charge in [0.25, 0.3) is 15.9 Å². The van der Waals surface area contributed by atoms with Gasteiger partial charge in [-0.15, -0.1) is 0 Å². The van der Waals surface area contributed by atoms with Crippen LogP contribution in [0.3, 0.4) is 0 Å². The molecule has 2 heterocycles. The zero-order valence-electron chi connectivity index (χ0n) is 13.6. The summed E-state index contributed by atoms with van der Waals surface area (Å²) in [5.41, 5.74) is -0.774. The maximum Gasteiger partial charge on any atom is 0.289 e. The van der Waals surface area contributed by atoms with E-state index in [9.17, 15) is 18.3 Å². The molecule has 1 aromatic rings. The molecule has 2 N–H and O–H groups in total. The van der Waals surface area contributed by atoms with Crippen LogP contribution in [-0.2, 0) is 10.0 Å². The number of hydrogen-bond donors (Lipinski definition) is 2.